The van der Waals surface area contributed by atoms with Crippen molar-refractivity contribution < 1.29 is 14.3 Å². The fourth-order valence-corrected chi connectivity index (χ4v) is 4.53. The zero-order valence-corrected chi connectivity index (χ0v) is 19.9. The number of amides is 1. The second-order valence-electron chi connectivity index (χ2n) is 7.65. The fourth-order valence-electron chi connectivity index (χ4n) is 3.56. The van der Waals surface area contributed by atoms with Crippen molar-refractivity contribution in [3.05, 3.63) is 77.3 Å². The van der Waals surface area contributed by atoms with E-state index in [-0.39, 0.29) is 11.7 Å². The topological polar surface area (TPSA) is 78.3 Å². The molecule has 0 aliphatic carbocycles. The summed E-state index contributed by atoms with van der Waals surface area (Å²) in [5.41, 5.74) is 3.45. The Kier molecular flexibility index (Phi) is 6.42. The molecular weight excluding hydrogens is 472 g/mol. The van der Waals surface area contributed by atoms with Crippen LogP contribution in [0.25, 0.3) is 17.1 Å². The Morgan fingerprint density at radius 2 is 1.79 bits per heavy atom. The molecule has 1 N–H and O–H groups in total. The Labute approximate surface area is 206 Å². The van der Waals surface area contributed by atoms with Crippen molar-refractivity contribution in [1.82, 2.24) is 14.8 Å². The maximum atomic E-state index is 12.7. The first kappa shape index (κ1) is 22.3. The van der Waals surface area contributed by atoms with Crippen LogP contribution < -0.4 is 14.8 Å². The summed E-state index contributed by atoms with van der Waals surface area (Å²) in [6, 6.07) is 20.9. The van der Waals surface area contributed by atoms with Crippen LogP contribution in [0.1, 0.15) is 5.56 Å². The molecule has 34 heavy (non-hydrogen) atoms. The smallest absolute Gasteiger partial charge is 0.234 e. The molecule has 0 atom stereocenters. The molecule has 0 saturated heterocycles. The van der Waals surface area contributed by atoms with Gasteiger partial charge in [-0.1, -0.05) is 53.2 Å². The van der Waals surface area contributed by atoms with Crippen LogP contribution in [0.4, 0.5) is 5.69 Å². The molecule has 2 heterocycles. The number of hydrogen-bond acceptors (Lipinski definition) is 6. The minimum Gasteiger partial charge on any atom is -0.486 e. The number of benzene rings is 3. The second kappa shape index (κ2) is 9.79. The first-order chi connectivity index (χ1) is 16.6. The van der Waals surface area contributed by atoms with Crippen LogP contribution in [0.3, 0.4) is 0 Å². The summed E-state index contributed by atoms with van der Waals surface area (Å²) in [5.74, 6) is 1.90. The normalized spacial score (nSPS) is 12.4. The molecule has 0 radical (unpaired) electrons. The van der Waals surface area contributed by atoms with Crippen molar-refractivity contribution in [1.29, 1.82) is 0 Å². The molecule has 1 aromatic heterocycles. The molecule has 1 aliphatic heterocycles. The van der Waals surface area contributed by atoms with Crippen molar-refractivity contribution in [2.24, 2.45) is 0 Å². The number of halogens is 1. The highest BCUT2D eigenvalue weighted by Crippen LogP contribution is 2.34. The van der Waals surface area contributed by atoms with Crippen LogP contribution in [-0.2, 0) is 4.79 Å². The van der Waals surface area contributed by atoms with E-state index in [9.17, 15) is 4.79 Å². The highest BCUT2D eigenvalue weighted by atomic mass is 35.5. The van der Waals surface area contributed by atoms with E-state index in [2.05, 4.69) is 15.5 Å². The highest BCUT2D eigenvalue weighted by Gasteiger charge is 2.19. The van der Waals surface area contributed by atoms with Gasteiger partial charge in [-0.15, -0.1) is 10.2 Å². The number of fused-ring (bicyclic) bond motifs is 1. The number of aromatic nitrogens is 3. The lowest BCUT2D eigenvalue weighted by Gasteiger charge is -2.19. The van der Waals surface area contributed by atoms with Gasteiger partial charge in [0.25, 0.3) is 0 Å². The van der Waals surface area contributed by atoms with E-state index in [0.717, 1.165) is 16.8 Å². The van der Waals surface area contributed by atoms with E-state index in [0.29, 0.717) is 46.4 Å². The van der Waals surface area contributed by atoms with Gasteiger partial charge in [0.1, 0.15) is 13.2 Å². The summed E-state index contributed by atoms with van der Waals surface area (Å²) in [5, 5.41) is 12.8. The number of hydrogen-bond donors (Lipinski definition) is 1. The number of rotatable bonds is 6. The van der Waals surface area contributed by atoms with Crippen molar-refractivity contribution in [3.8, 4) is 28.6 Å². The van der Waals surface area contributed by atoms with Crippen LogP contribution in [0.15, 0.2) is 71.9 Å². The SMILES string of the molecule is Cc1ccc(-n2c(SCC(=O)Nc3ccc4c(c3)OCCO4)nnc2-c2ccccc2Cl)cc1. The van der Waals surface area contributed by atoms with E-state index in [1.54, 1.807) is 18.2 Å². The Hall–Kier alpha value is -3.49. The van der Waals surface area contributed by atoms with Gasteiger partial charge in [-0.2, -0.15) is 0 Å². The molecule has 0 unspecified atom stereocenters. The minimum absolute atomic E-state index is 0.154. The van der Waals surface area contributed by atoms with Gasteiger partial charge >= 0.3 is 0 Å². The second-order valence-corrected chi connectivity index (χ2v) is 9.00. The van der Waals surface area contributed by atoms with Gasteiger partial charge in [0.2, 0.25) is 5.91 Å². The van der Waals surface area contributed by atoms with E-state index in [4.69, 9.17) is 21.1 Å². The average Bonchev–Trinajstić information content (AvgIpc) is 3.27. The number of anilines is 1. The average molecular weight is 493 g/mol. The van der Waals surface area contributed by atoms with Gasteiger partial charge < -0.3 is 14.8 Å². The summed E-state index contributed by atoms with van der Waals surface area (Å²) >= 11 is 7.75. The number of thioether (sulfide) groups is 1. The van der Waals surface area contributed by atoms with Gasteiger partial charge in [0.05, 0.1) is 10.8 Å². The maximum Gasteiger partial charge on any atom is 0.234 e. The standard InChI is InChI=1S/C25H21ClN4O3S/c1-16-6-9-18(10-7-16)30-24(19-4-2-3-5-20(19)26)28-29-25(30)34-15-23(31)27-17-8-11-21-22(14-17)33-13-12-32-21/h2-11,14H,12-13,15H2,1H3,(H,27,31). The van der Waals surface area contributed by atoms with Gasteiger partial charge in [-0.25, -0.2) is 0 Å². The molecule has 0 bridgehead atoms. The number of carbonyl (C=O) groups is 1. The quantitative estimate of drug-likeness (QED) is 0.363. The van der Waals surface area contributed by atoms with Crippen molar-refractivity contribution in [3.63, 3.8) is 0 Å². The van der Waals surface area contributed by atoms with Gasteiger partial charge in [-0.05, 0) is 43.3 Å². The van der Waals surface area contributed by atoms with Crippen LogP contribution in [-0.4, -0.2) is 39.6 Å². The zero-order chi connectivity index (χ0) is 23.5. The first-order valence-electron chi connectivity index (χ1n) is 10.7. The Morgan fingerprint density at radius 3 is 2.59 bits per heavy atom. The lowest BCUT2D eigenvalue weighted by atomic mass is 10.2. The molecule has 9 heteroatoms. The molecule has 7 nitrogen and oxygen atoms in total. The molecule has 172 valence electrons. The van der Waals surface area contributed by atoms with Crippen LogP contribution in [0.2, 0.25) is 5.02 Å². The number of aryl methyl sites for hydroxylation is 1. The molecule has 1 aliphatic rings. The molecular formula is C25H21ClN4O3S. The molecule has 4 aromatic rings. The van der Waals surface area contributed by atoms with E-state index >= 15 is 0 Å². The Morgan fingerprint density at radius 1 is 1.03 bits per heavy atom. The van der Waals surface area contributed by atoms with Crippen molar-refractivity contribution in [2.45, 2.75) is 12.1 Å². The van der Waals surface area contributed by atoms with Crippen molar-refractivity contribution >= 4 is 35.0 Å². The summed E-state index contributed by atoms with van der Waals surface area (Å²) in [6.45, 7) is 3.04. The third-order valence-electron chi connectivity index (χ3n) is 5.20. The third-order valence-corrected chi connectivity index (χ3v) is 6.46. The fraction of sp³-hybridized carbons (Fsp3) is 0.160. The summed E-state index contributed by atoms with van der Waals surface area (Å²) in [4.78, 5) is 12.7. The number of ether oxygens (including phenoxy) is 2. The van der Waals surface area contributed by atoms with Crippen LogP contribution in [0.5, 0.6) is 11.5 Å². The molecule has 5 rings (SSSR count). The summed E-state index contributed by atoms with van der Waals surface area (Å²) in [7, 11) is 0. The Balaban J connectivity index is 1.38. The van der Waals surface area contributed by atoms with Crippen LogP contribution in [0, 0.1) is 6.92 Å². The van der Waals surface area contributed by atoms with Gasteiger partial charge in [0, 0.05) is 23.0 Å². The van der Waals surface area contributed by atoms with Gasteiger partial charge in [-0.3, -0.25) is 9.36 Å². The first-order valence-corrected chi connectivity index (χ1v) is 12.0. The molecule has 0 fully saturated rings. The predicted octanol–water partition coefficient (Wildman–Crippen LogP) is 5.40. The summed E-state index contributed by atoms with van der Waals surface area (Å²) in [6.07, 6.45) is 0. The number of carbonyl (C=O) groups excluding carboxylic acids is 1. The largest absolute Gasteiger partial charge is 0.486 e. The lowest BCUT2D eigenvalue weighted by molar-refractivity contribution is -0.113. The molecule has 1 amide bonds. The third kappa shape index (κ3) is 4.73. The molecule has 3 aromatic carbocycles. The summed E-state index contributed by atoms with van der Waals surface area (Å²) < 4.78 is 13.0. The lowest BCUT2D eigenvalue weighted by Crippen LogP contribution is -2.17. The Bertz CT molecular complexity index is 1340. The number of nitrogens with one attached hydrogen (secondary N) is 1. The highest BCUT2D eigenvalue weighted by molar-refractivity contribution is 7.99. The van der Waals surface area contributed by atoms with Gasteiger partial charge in [0.15, 0.2) is 22.5 Å². The maximum absolute atomic E-state index is 12.7. The number of nitrogens with zero attached hydrogens (tertiary/aromatic N) is 3. The van der Waals surface area contributed by atoms with E-state index in [1.165, 1.54) is 11.8 Å². The molecule has 0 saturated carbocycles. The van der Waals surface area contributed by atoms with E-state index < -0.39 is 0 Å². The minimum atomic E-state index is -0.167. The molecule has 0 spiro atoms. The zero-order valence-electron chi connectivity index (χ0n) is 18.3. The predicted molar refractivity (Wildman–Crippen MR) is 133 cm³/mol. The van der Waals surface area contributed by atoms with Crippen molar-refractivity contribution in [2.75, 3.05) is 24.3 Å². The van der Waals surface area contributed by atoms with Crippen LogP contribution >= 0.6 is 23.4 Å². The van der Waals surface area contributed by atoms with E-state index in [1.807, 2.05) is 60.0 Å². The monoisotopic (exact) mass is 492 g/mol.